The highest BCUT2D eigenvalue weighted by atomic mass is 15.0. The van der Waals surface area contributed by atoms with Crippen LogP contribution >= 0.6 is 0 Å². The van der Waals surface area contributed by atoms with Crippen LogP contribution in [-0.2, 0) is 13.0 Å². The smallest absolute Gasteiger partial charge is 0.178 e. The van der Waals surface area contributed by atoms with E-state index in [1.165, 1.54) is 11.9 Å². The first kappa shape index (κ1) is 9.35. The van der Waals surface area contributed by atoms with Crippen molar-refractivity contribution in [3.8, 4) is 11.5 Å². The first-order valence-corrected chi connectivity index (χ1v) is 5.25. The Morgan fingerprint density at radius 3 is 3.12 bits per heavy atom. The van der Waals surface area contributed by atoms with Gasteiger partial charge in [-0.1, -0.05) is 0 Å². The molecule has 0 spiro atoms. The number of nitrogens with one attached hydrogen (secondary N) is 1. The summed E-state index contributed by atoms with van der Waals surface area (Å²) in [5.41, 5.74) is 3.09. The number of hydrogen-bond acceptors (Lipinski definition) is 5. The maximum atomic E-state index is 4.54. The number of aromatic nitrogens is 4. The van der Waals surface area contributed by atoms with Crippen molar-refractivity contribution in [2.75, 3.05) is 6.54 Å². The van der Waals surface area contributed by atoms with Crippen molar-refractivity contribution >= 4 is 0 Å². The largest absolute Gasteiger partial charge is 0.312 e. The van der Waals surface area contributed by atoms with Gasteiger partial charge in [-0.25, -0.2) is 19.9 Å². The molecule has 0 aromatic carbocycles. The molecule has 0 radical (unpaired) electrons. The number of rotatable bonds is 1. The van der Waals surface area contributed by atoms with Crippen LogP contribution in [0.4, 0.5) is 0 Å². The third kappa shape index (κ3) is 1.65. The van der Waals surface area contributed by atoms with Crippen LogP contribution in [0.2, 0.25) is 0 Å². The quantitative estimate of drug-likeness (QED) is 0.750. The minimum Gasteiger partial charge on any atom is -0.312 e. The van der Waals surface area contributed by atoms with E-state index in [1.54, 1.807) is 6.20 Å². The summed E-state index contributed by atoms with van der Waals surface area (Å²) in [6.07, 6.45) is 6.05. The summed E-state index contributed by atoms with van der Waals surface area (Å²) < 4.78 is 0. The summed E-state index contributed by atoms with van der Waals surface area (Å²) in [5, 5.41) is 3.29. The minimum absolute atomic E-state index is 0.683. The average Bonchev–Trinajstić information content (AvgIpc) is 2.39. The average molecular weight is 213 g/mol. The highest BCUT2D eigenvalue weighted by Crippen LogP contribution is 2.15. The Labute approximate surface area is 93.0 Å². The van der Waals surface area contributed by atoms with Crippen molar-refractivity contribution in [3.63, 3.8) is 0 Å². The second-order valence-electron chi connectivity index (χ2n) is 3.69. The van der Waals surface area contributed by atoms with Crippen molar-refractivity contribution in [1.82, 2.24) is 25.3 Å². The molecular formula is C11H11N5. The molecule has 5 nitrogen and oxygen atoms in total. The van der Waals surface area contributed by atoms with E-state index >= 15 is 0 Å². The van der Waals surface area contributed by atoms with Crippen molar-refractivity contribution in [1.29, 1.82) is 0 Å². The Morgan fingerprint density at radius 2 is 2.25 bits per heavy atom. The van der Waals surface area contributed by atoms with Gasteiger partial charge < -0.3 is 5.32 Å². The normalized spacial score (nSPS) is 14.5. The molecule has 1 N–H and O–H groups in total. The summed E-state index contributed by atoms with van der Waals surface area (Å²) in [5.74, 6) is 0.683. The van der Waals surface area contributed by atoms with Crippen LogP contribution in [0.25, 0.3) is 11.5 Å². The fourth-order valence-corrected chi connectivity index (χ4v) is 1.78. The van der Waals surface area contributed by atoms with Gasteiger partial charge in [0, 0.05) is 37.5 Å². The molecule has 0 saturated heterocycles. The Bertz CT molecular complexity index is 497. The van der Waals surface area contributed by atoms with Crippen LogP contribution in [0.3, 0.4) is 0 Å². The van der Waals surface area contributed by atoms with E-state index in [0.29, 0.717) is 5.82 Å². The lowest BCUT2D eigenvalue weighted by Gasteiger charge is -2.15. The fourth-order valence-electron chi connectivity index (χ4n) is 1.78. The molecule has 1 aliphatic heterocycles. The molecule has 0 amide bonds. The van der Waals surface area contributed by atoms with Crippen molar-refractivity contribution in [2.45, 2.75) is 13.0 Å². The van der Waals surface area contributed by atoms with Crippen LogP contribution in [0, 0.1) is 0 Å². The van der Waals surface area contributed by atoms with Gasteiger partial charge in [0.05, 0.1) is 5.69 Å². The van der Waals surface area contributed by atoms with Gasteiger partial charge in [-0.2, -0.15) is 0 Å². The molecule has 1 aliphatic rings. The van der Waals surface area contributed by atoms with E-state index in [2.05, 4.69) is 25.3 Å². The zero-order valence-electron chi connectivity index (χ0n) is 8.72. The molecule has 0 saturated carbocycles. The molecule has 80 valence electrons. The number of hydrogen-bond donors (Lipinski definition) is 1. The predicted molar refractivity (Wildman–Crippen MR) is 58.5 cm³/mol. The van der Waals surface area contributed by atoms with E-state index in [4.69, 9.17) is 0 Å². The molecule has 0 atom stereocenters. The highest BCUT2D eigenvalue weighted by molar-refractivity contribution is 5.48. The van der Waals surface area contributed by atoms with Gasteiger partial charge in [0.2, 0.25) is 0 Å². The molecule has 0 unspecified atom stereocenters. The third-order valence-corrected chi connectivity index (χ3v) is 2.62. The van der Waals surface area contributed by atoms with Crippen LogP contribution in [0.15, 0.2) is 24.8 Å². The lowest BCUT2D eigenvalue weighted by molar-refractivity contribution is 0.626. The number of fused-ring (bicyclic) bond motifs is 1. The van der Waals surface area contributed by atoms with Crippen molar-refractivity contribution < 1.29 is 0 Å². The SMILES string of the molecule is c1cc(-c2ncc3c(n2)CCNC3)ncn1. The van der Waals surface area contributed by atoms with E-state index in [0.717, 1.165) is 30.9 Å². The first-order chi connectivity index (χ1) is 7.93. The fraction of sp³-hybridized carbons (Fsp3) is 0.273. The molecule has 3 heterocycles. The van der Waals surface area contributed by atoms with Crippen LogP contribution in [-0.4, -0.2) is 26.5 Å². The van der Waals surface area contributed by atoms with E-state index in [9.17, 15) is 0 Å². The monoisotopic (exact) mass is 213 g/mol. The lowest BCUT2D eigenvalue weighted by Crippen LogP contribution is -2.25. The van der Waals surface area contributed by atoms with E-state index in [-0.39, 0.29) is 0 Å². The second-order valence-corrected chi connectivity index (χ2v) is 3.69. The predicted octanol–water partition coefficient (Wildman–Crippen LogP) is 0.579. The topological polar surface area (TPSA) is 63.6 Å². The lowest BCUT2D eigenvalue weighted by atomic mass is 10.1. The molecule has 2 aromatic heterocycles. The maximum Gasteiger partial charge on any atom is 0.178 e. The van der Waals surface area contributed by atoms with Crippen LogP contribution < -0.4 is 5.32 Å². The molecule has 0 fully saturated rings. The van der Waals surface area contributed by atoms with Crippen LogP contribution in [0.1, 0.15) is 11.3 Å². The molecule has 3 rings (SSSR count). The second kappa shape index (κ2) is 3.94. The Hall–Kier alpha value is -1.88. The van der Waals surface area contributed by atoms with Gasteiger partial charge in [-0.3, -0.25) is 0 Å². The first-order valence-electron chi connectivity index (χ1n) is 5.25. The van der Waals surface area contributed by atoms with Gasteiger partial charge in [0.15, 0.2) is 5.82 Å². The summed E-state index contributed by atoms with van der Waals surface area (Å²) in [4.78, 5) is 16.9. The molecule has 0 aliphatic carbocycles. The Balaban J connectivity index is 2.03. The van der Waals surface area contributed by atoms with Crippen LogP contribution in [0.5, 0.6) is 0 Å². The van der Waals surface area contributed by atoms with E-state index < -0.39 is 0 Å². The minimum atomic E-state index is 0.683. The Morgan fingerprint density at radius 1 is 1.25 bits per heavy atom. The molecular weight excluding hydrogens is 202 g/mol. The zero-order valence-corrected chi connectivity index (χ0v) is 8.72. The van der Waals surface area contributed by atoms with Gasteiger partial charge in [0.25, 0.3) is 0 Å². The summed E-state index contributed by atoms with van der Waals surface area (Å²) >= 11 is 0. The zero-order chi connectivity index (χ0) is 10.8. The standard InChI is InChI=1S/C11H11N5/c1-3-12-5-8-6-14-11(16-9(1)8)10-2-4-13-7-15-10/h2,4,6-7,12H,1,3,5H2. The van der Waals surface area contributed by atoms with Gasteiger partial charge >= 0.3 is 0 Å². The summed E-state index contributed by atoms with van der Waals surface area (Å²) in [6, 6.07) is 1.82. The third-order valence-electron chi connectivity index (χ3n) is 2.62. The molecule has 2 aromatic rings. The van der Waals surface area contributed by atoms with Gasteiger partial charge in [-0.05, 0) is 6.07 Å². The molecule has 0 bridgehead atoms. The van der Waals surface area contributed by atoms with Crippen molar-refractivity contribution in [2.24, 2.45) is 0 Å². The van der Waals surface area contributed by atoms with E-state index in [1.807, 2.05) is 12.3 Å². The number of nitrogens with zero attached hydrogens (tertiary/aromatic N) is 4. The summed E-state index contributed by atoms with van der Waals surface area (Å²) in [7, 11) is 0. The summed E-state index contributed by atoms with van der Waals surface area (Å²) in [6.45, 7) is 1.84. The Kier molecular flexibility index (Phi) is 2.30. The van der Waals surface area contributed by atoms with Crippen molar-refractivity contribution in [3.05, 3.63) is 36.0 Å². The maximum absolute atomic E-state index is 4.54. The molecule has 16 heavy (non-hydrogen) atoms. The van der Waals surface area contributed by atoms with Gasteiger partial charge in [0.1, 0.15) is 12.0 Å². The van der Waals surface area contributed by atoms with Gasteiger partial charge in [-0.15, -0.1) is 0 Å². The highest BCUT2D eigenvalue weighted by Gasteiger charge is 2.12. The molecule has 5 heteroatoms.